The molecular weight excluding hydrogens is 630 g/mol. The van der Waals surface area contributed by atoms with E-state index in [-0.39, 0.29) is 49.0 Å². The number of carbonyl (C=O) groups excluding carboxylic acids is 1. The topological polar surface area (TPSA) is 142 Å². The van der Waals surface area contributed by atoms with Crippen molar-refractivity contribution in [3.05, 3.63) is 125 Å². The Morgan fingerprint density at radius 1 is 0.792 bits per heavy atom. The molecule has 4 aromatic carbocycles. The molecule has 1 aliphatic rings. The minimum absolute atomic E-state index is 0.00620. The SMILES string of the molecule is C[C@@H]1[C@H](CSc2ccc(C(=O)O)cc2)O[C@H](c2ccc(-c3cccc(CNC(=O)CCCC(=O)O)c3)cc2)O[C@@H]1c1ccc(CO)cc1. The van der Waals surface area contributed by atoms with Crippen molar-refractivity contribution in [3.63, 3.8) is 0 Å². The summed E-state index contributed by atoms with van der Waals surface area (Å²) in [5.74, 6) is -1.40. The molecule has 250 valence electrons. The zero-order chi connectivity index (χ0) is 34.0. The Morgan fingerprint density at radius 3 is 2.17 bits per heavy atom. The molecule has 1 aliphatic heterocycles. The number of aliphatic hydroxyl groups is 1. The van der Waals surface area contributed by atoms with E-state index in [0.29, 0.717) is 18.7 Å². The Hall–Kier alpha value is -4.48. The second-order valence-electron chi connectivity index (χ2n) is 11.8. The first-order valence-electron chi connectivity index (χ1n) is 15.8. The number of ether oxygens (including phenoxy) is 2. The average molecular weight is 670 g/mol. The standard InChI is InChI=1S/C38H39NO8S/c1-24-33(23-48-32-18-16-29(17-19-32)37(44)45)46-38(47-36(24)28-10-8-25(22-40)9-11-28)30-14-12-27(13-15-30)31-5-2-4-26(20-31)21-39-34(41)6-3-7-35(42)43/h2,4-5,8-20,24,33,36,38,40H,3,6-7,21-23H2,1H3,(H,39,41)(H,42,43)(H,44,45)/t24-,33+,36+,38+/m1/s1. The number of benzene rings is 4. The fourth-order valence-corrected chi connectivity index (χ4v) is 6.63. The number of aliphatic hydroxyl groups excluding tert-OH is 1. The number of rotatable bonds is 14. The molecule has 1 fully saturated rings. The maximum absolute atomic E-state index is 12.1. The first-order valence-corrected chi connectivity index (χ1v) is 16.8. The van der Waals surface area contributed by atoms with Crippen LogP contribution in [0.5, 0.6) is 0 Å². The van der Waals surface area contributed by atoms with Crippen LogP contribution in [0.3, 0.4) is 0 Å². The highest BCUT2D eigenvalue weighted by atomic mass is 32.2. The molecule has 1 heterocycles. The van der Waals surface area contributed by atoms with Gasteiger partial charge in [-0.3, -0.25) is 9.59 Å². The molecule has 4 atom stereocenters. The van der Waals surface area contributed by atoms with Crippen molar-refractivity contribution in [2.45, 2.75) is 62.7 Å². The maximum atomic E-state index is 12.1. The number of amides is 1. The van der Waals surface area contributed by atoms with Gasteiger partial charge in [-0.2, -0.15) is 0 Å². The number of aliphatic carboxylic acids is 1. The highest BCUT2D eigenvalue weighted by Crippen LogP contribution is 2.43. The van der Waals surface area contributed by atoms with E-state index in [1.165, 1.54) is 0 Å². The molecular formula is C38H39NO8S. The molecule has 9 nitrogen and oxygen atoms in total. The Labute approximate surface area is 283 Å². The average Bonchev–Trinajstić information content (AvgIpc) is 3.10. The third-order valence-electron chi connectivity index (χ3n) is 8.37. The number of aromatic carboxylic acids is 1. The van der Waals surface area contributed by atoms with E-state index in [9.17, 15) is 24.6 Å². The van der Waals surface area contributed by atoms with Gasteiger partial charge in [-0.1, -0.05) is 73.7 Å². The highest BCUT2D eigenvalue weighted by Gasteiger charge is 2.38. The minimum atomic E-state index is -0.959. The summed E-state index contributed by atoms with van der Waals surface area (Å²) in [5, 5.41) is 30.4. The van der Waals surface area contributed by atoms with Gasteiger partial charge in [0.15, 0.2) is 6.29 Å². The van der Waals surface area contributed by atoms with Gasteiger partial charge in [0, 0.05) is 41.5 Å². The van der Waals surface area contributed by atoms with Crippen LogP contribution in [0.4, 0.5) is 0 Å². The van der Waals surface area contributed by atoms with Gasteiger partial charge in [0.05, 0.1) is 24.4 Å². The molecule has 0 radical (unpaired) electrons. The molecule has 0 aromatic heterocycles. The number of carbonyl (C=O) groups is 3. The van der Waals surface area contributed by atoms with E-state index < -0.39 is 18.2 Å². The summed E-state index contributed by atoms with van der Waals surface area (Å²) in [7, 11) is 0. The van der Waals surface area contributed by atoms with Crippen molar-refractivity contribution in [2.24, 2.45) is 5.92 Å². The Kier molecular flexibility index (Phi) is 12.0. The molecule has 10 heteroatoms. The van der Waals surface area contributed by atoms with E-state index in [0.717, 1.165) is 38.3 Å². The molecule has 1 saturated heterocycles. The van der Waals surface area contributed by atoms with Crippen molar-refractivity contribution in [2.75, 3.05) is 5.75 Å². The molecule has 4 aromatic rings. The number of carboxylic acid groups (broad SMARTS) is 2. The number of thioether (sulfide) groups is 1. The molecule has 0 spiro atoms. The van der Waals surface area contributed by atoms with Gasteiger partial charge in [0.1, 0.15) is 0 Å². The van der Waals surface area contributed by atoms with Crippen LogP contribution in [0.1, 0.15) is 71.2 Å². The predicted molar refractivity (Wildman–Crippen MR) is 182 cm³/mol. The zero-order valence-electron chi connectivity index (χ0n) is 26.6. The Morgan fingerprint density at radius 2 is 1.50 bits per heavy atom. The number of carboxylic acids is 2. The fourth-order valence-electron chi connectivity index (χ4n) is 5.56. The molecule has 48 heavy (non-hydrogen) atoms. The van der Waals surface area contributed by atoms with Gasteiger partial charge in [0.2, 0.25) is 5.91 Å². The quantitative estimate of drug-likeness (QED) is 0.104. The predicted octanol–water partition coefficient (Wildman–Crippen LogP) is 7.00. The minimum Gasteiger partial charge on any atom is -0.481 e. The van der Waals surface area contributed by atoms with Crippen LogP contribution in [0.2, 0.25) is 0 Å². The van der Waals surface area contributed by atoms with Gasteiger partial charge in [-0.25, -0.2) is 4.79 Å². The van der Waals surface area contributed by atoms with Crippen molar-refractivity contribution in [3.8, 4) is 11.1 Å². The fraction of sp³-hybridized carbons (Fsp3) is 0.289. The molecule has 0 bridgehead atoms. The lowest BCUT2D eigenvalue weighted by Gasteiger charge is -2.41. The molecule has 0 unspecified atom stereocenters. The van der Waals surface area contributed by atoms with Crippen LogP contribution in [0.15, 0.2) is 102 Å². The molecule has 1 amide bonds. The van der Waals surface area contributed by atoms with Gasteiger partial charge >= 0.3 is 11.9 Å². The second-order valence-corrected chi connectivity index (χ2v) is 12.9. The lowest BCUT2D eigenvalue weighted by atomic mass is 9.91. The summed E-state index contributed by atoms with van der Waals surface area (Å²) in [5.41, 5.74) is 5.85. The Bertz CT molecular complexity index is 1690. The first-order chi connectivity index (χ1) is 23.2. The van der Waals surface area contributed by atoms with Gasteiger partial charge < -0.3 is 30.1 Å². The van der Waals surface area contributed by atoms with Crippen molar-refractivity contribution in [1.82, 2.24) is 5.32 Å². The number of hydrogen-bond donors (Lipinski definition) is 4. The van der Waals surface area contributed by atoms with E-state index in [4.69, 9.17) is 14.6 Å². The van der Waals surface area contributed by atoms with E-state index >= 15 is 0 Å². The van der Waals surface area contributed by atoms with Gasteiger partial charge in [0.25, 0.3) is 0 Å². The van der Waals surface area contributed by atoms with E-state index in [2.05, 4.69) is 12.2 Å². The maximum Gasteiger partial charge on any atom is 0.335 e. The van der Waals surface area contributed by atoms with Crippen LogP contribution in [-0.2, 0) is 32.2 Å². The van der Waals surface area contributed by atoms with Crippen LogP contribution >= 0.6 is 11.8 Å². The first kappa shape index (κ1) is 34.8. The second kappa shape index (κ2) is 16.6. The number of nitrogens with one attached hydrogen (secondary N) is 1. The molecule has 5 rings (SSSR count). The summed E-state index contributed by atoms with van der Waals surface area (Å²) < 4.78 is 13.2. The third-order valence-corrected chi connectivity index (χ3v) is 9.47. The van der Waals surface area contributed by atoms with Gasteiger partial charge in [-0.05, 0) is 64.6 Å². The lowest BCUT2D eigenvalue weighted by Crippen LogP contribution is -2.38. The number of hydrogen-bond acceptors (Lipinski definition) is 7. The van der Waals surface area contributed by atoms with Crippen LogP contribution in [-0.4, -0.2) is 45.0 Å². The summed E-state index contributed by atoms with van der Waals surface area (Å²) in [4.78, 5) is 35.0. The lowest BCUT2D eigenvalue weighted by molar-refractivity contribution is -0.268. The molecule has 4 N–H and O–H groups in total. The van der Waals surface area contributed by atoms with Gasteiger partial charge in [-0.15, -0.1) is 11.8 Å². The summed E-state index contributed by atoms with van der Waals surface area (Å²) in [6.07, 6.45) is -0.609. The molecule has 0 saturated carbocycles. The Balaban J connectivity index is 1.29. The molecule has 0 aliphatic carbocycles. The van der Waals surface area contributed by atoms with Crippen LogP contribution in [0.25, 0.3) is 11.1 Å². The monoisotopic (exact) mass is 669 g/mol. The van der Waals surface area contributed by atoms with E-state index in [1.54, 1.807) is 23.9 Å². The van der Waals surface area contributed by atoms with Crippen molar-refractivity contribution in [1.29, 1.82) is 0 Å². The van der Waals surface area contributed by atoms with E-state index in [1.807, 2.05) is 84.9 Å². The largest absolute Gasteiger partial charge is 0.481 e. The van der Waals surface area contributed by atoms with Crippen molar-refractivity contribution >= 4 is 29.6 Å². The highest BCUT2D eigenvalue weighted by molar-refractivity contribution is 7.99. The smallest absolute Gasteiger partial charge is 0.335 e. The normalized spacial score (nSPS) is 19.0. The summed E-state index contributed by atoms with van der Waals surface area (Å²) in [6.45, 7) is 2.42. The zero-order valence-corrected chi connectivity index (χ0v) is 27.4. The summed E-state index contributed by atoms with van der Waals surface area (Å²) >= 11 is 1.61. The third kappa shape index (κ3) is 9.32. The van der Waals surface area contributed by atoms with Crippen molar-refractivity contribution < 1.29 is 39.2 Å². The summed E-state index contributed by atoms with van der Waals surface area (Å²) in [6, 6.07) is 30.5. The van der Waals surface area contributed by atoms with Crippen LogP contribution < -0.4 is 5.32 Å². The van der Waals surface area contributed by atoms with Crippen LogP contribution in [0, 0.1) is 5.92 Å².